The average molecular weight is 331 g/mol. The largest absolute Gasteiger partial charge is 0.476 e. The second kappa shape index (κ2) is 7.51. The van der Waals surface area contributed by atoms with Crippen molar-refractivity contribution in [1.82, 2.24) is 20.2 Å². The smallest absolute Gasteiger partial charge is 0.233 e. The molecule has 2 aromatic heterocycles. The minimum absolute atomic E-state index is 0.287. The molecule has 0 aliphatic carbocycles. The fourth-order valence-corrected chi connectivity index (χ4v) is 2.84. The molecule has 3 heterocycles. The van der Waals surface area contributed by atoms with Crippen LogP contribution >= 0.6 is 0 Å². The van der Waals surface area contributed by atoms with Gasteiger partial charge in [-0.15, -0.1) is 5.10 Å². The fraction of sp³-hybridized carbons (Fsp3) is 0.529. The molecule has 0 unspecified atom stereocenters. The number of aromatic nitrogens is 4. The zero-order valence-electron chi connectivity index (χ0n) is 14.1. The van der Waals surface area contributed by atoms with E-state index in [0.29, 0.717) is 36.3 Å². The van der Waals surface area contributed by atoms with E-state index in [4.69, 9.17) is 4.74 Å². The maximum absolute atomic E-state index is 14.3. The number of hydrogen-bond acceptors (Lipinski definition) is 6. The van der Waals surface area contributed by atoms with Gasteiger partial charge in [0.1, 0.15) is 6.33 Å². The number of halogens is 1. The molecule has 1 aliphatic heterocycles. The van der Waals surface area contributed by atoms with E-state index in [1.54, 1.807) is 0 Å². The molecule has 0 N–H and O–H groups in total. The molecule has 0 aromatic carbocycles. The maximum Gasteiger partial charge on any atom is 0.233 e. The van der Waals surface area contributed by atoms with Crippen molar-refractivity contribution in [1.29, 1.82) is 0 Å². The molecule has 1 aliphatic rings. The van der Waals surface area contributed by atoms with Crippen LogP contribution in [0.1, 0.15) is 31.2 Å². The molecule has 7 heteroatoms. The standard InChI is InChI=1S/C17H22FN5O/c1-3-14-16(18)17(20-11-19-14)23-8-6-13(7-9-23)10-24-15-5-4-12(2)21-22-15/h4-5,11,13H,3,6-10H2,1-2H3. The van der Waals surface area contributed by atoms with Gasteiger partial charge < -0.3 is 9.64 Å². The lowest BCUT2D eigenvalue weighted by molar-refractivity contribution is 0.213. The number of nitrogens with zero attached hydrogens (tertiary/aromatic N) is 5. The predicted octanol–water partition coefficient (Wildman–Crippen LogP) is 2.57. The van der Waals surface area contributed by atoms with Gasteiger partial charge in [-0.1, -0.05) is 6.92 Å². The Morgan fingerprint density at radius 1 is 1.21 bits per heavy atom. The first-order chi connectivity index (χ1) is 11.7. The lowest BCUT2D eigenvalue weighted by Crippen LogP contribution is -2.36. The quantitative estimate of drug-likeness (QED) is 0.839. The van der Waals surface area contributed by atoms with Crippen LogP contribution in [0.2, 0.25) is 0 Å². The van der Waals surface area contributed by atoms with Gasteiger partial charge in [0.05, 0.1) is 18.0 Å². The van der Waals surface area contributed by atoms with Gasteiger partial charge in [-0.05, 0) is 38.2 Å². The molecule has 0 saturated carbocycles. The lowest BCUT2D eigenvalue weighted by Gasteiger charge is -2.32. The minimum atomic E-state index is -0.287. The Bertz CT molecular complexity index is 671. The second-order valence-corrected chi connectivity index (χ2v) is 6.07. The highest BCUT2D eigenvalue weighted by Crippen LogP contribution is 2.25. The molecular formula is C17H22FN5O. The highest BCUT2D eigenvalue weighted by atomic mass is 19.1. The van der Waals surface area contributed by atoms with E-state index in [-0.39, 0.29) is 5.82 Å². The van der Waals surface area contributed by atoms with Gasteiger partial charge in [0.15, 0.2) is 11.6 Å². The van der Waals surface area contributed by atoms with Crippen LogP contribution in [0.3, 0.4) is 0 Å². The molecule has 0 spiro atoms. The summed E-state index contributed by atoms with van der Waals surface area (Å²) in [4.78, 5) is 10.1. The van der Waals surface area contributed by atoms with Crippen LogP contribution in [0.5, 0.6) is 5.88 Å². The van der Waals surface area contributed by atoms with Gasteiger partial charge in [-0.2, -0.15) is 5.10 Å². The Hall–Kier alpha value is -2.31. The van der Waals surface area contributed by atoms with Gasteiger partial charge in [-0.25, -0.2) is 14.4 Å². The van der Waals surface area contributed by atoms with Gasteiger partial charge in [0, 0.05) is 19.2 Å². The van der Waals surface area contributed by atoms with Crippen molar-refractivity contribution in [3.63, 3.8) is 0 Å². The van der Waals surface area contributed by atoms with Crippen molar-refractivity contribution in [2.75, 3.05) is 24.6 Å². The predicted molar refractivity (Wildman–Crippen MR) is 88.6 cm³/mol. The Balaban J connectivity index is 1.53. The molecule has 1 saturated heterocycles. The Labute approximate surface area is 141 Å². The highest BCUT2D eigenvalue weighted by Gasteiger charge is 2.24. The lowest BCUT2D eigenvalue weighted by atomic mass is 9.98. The SMILES string of the molecule is CCc1ncnc(N2CCC(COc3ccc(C)nn3)CC2)c1F. The van der Waals surface area contributed by atoms with Crippen LogP contribution in [-0.2, 0) is 6.42 Å². The summed E-state index contributed by atoms with van der Waals surface area (Å²) in [5.41, 5.74) is 1.34. The van der Waals surface area contributed by atoms with E-state index in [9.17, 15) is 4.39 Å². The highest BCUT2D eigenvalue weighted by molar-refractivity contribution is 5.41. The number of hydrogen-bond donors (Lipinski definition) is 0. The van der Waals surface area contributed by atoms with Gasteiger partial charge in [0.2, 0.25) is 5.88 Å². The molecule has 24 heavy (non-hydrogen) atoms. The van der Waals surface area contributed by atoms with E-state index in [1.807, 2.05) is 30.9 Å². The summed E-state index contributed by atoms with van der Waals surface area (Å²) in [6.07, 6.45) is 3.89. The van der Waals surface area contributed by atoms with E-state index in [1.165, 1.54) is 6.33 Å². The summed E-state index contributed by atoms with van der Waals surface area (Å²) in [6.45, 7) is 5.93. The van der Waals surface area contributed by atoms with Crippen LogP contribution in [0, 0.1) is 18.7 Å². The molecule has 128 valence electrons. The van der Waals surface area contributed by atoms with Crippen LogP contribution < -0.4 is 9.64 Å². The first-order valence-corrected chi connectivity index (χ1v) is 8.34. The summed E-state index contributed by atoms with van der Waals surface area (Å²) < 4.78 is 20.1. The fourth-order valence-electron chi connectivity index (χ4n) is 2.84. The van der Waals surface area contributed by atoms with Crippen LogP contribution in [-0.4, -0.2) is 39.9 Å². The molecule has 2 aromatic rings. The third kappa shape index (κ3) is 3.77. The van der Waals surface area contributed by atoms with E-state index >= 15 is 0 Å². The van der Waals surface area contributed by atoms with Gasteiger partial charge in [-0.3, -0.25) is 0 Å². The molecule has 6 nitrogen and oxygen atoms in total. The number of rotatable bonds is 5. The normalized spacial score (nSPS) is 15.5. The summed E-state index contributed by atoms with van der Waals surface area (Å²) in [5.74, 6) is 1.12. The van der Waals surface area contributed by atoms with Crippen LogP contribution in [0.4, 0.5) is 10.2 Å². The van der Waals surface area contributed by atoms with E-state index < -0.39 is 0 Å². The minimum Gasteiger partial charge on any atom is -0.476 e. The molecule has 3 rings (SSSR count). The third-order valence-corrected chi connectivity index (χ3v) is 4.33. The van der Waals surface area contributed by atoms with Crippen molar-refractivity contribution in [3.05, 3.63) is 35.7 Å². The molecule has 0 bridgehead atoms. The van der Waals surface area contributed by atoms with E-state index in [2.05, 4.69) is 20.2 Å². The topological polar surface area (TPSA) is 64.0 Å². The molecule has 0 atom stereocenters. The monoisotopic (exact) mass is 331 g/mol. The Morgan fingerprint density at radius 3 is 2.67 bits per heavy atom. The van der Waals surface area contributed by atoms with Crippen molar-refractivity contribution in [2.24, 2.45) is 5.92 Å². The van der Waals surface area contributed by atoms with Gasteiger partial charge >= 0.3 is 0 Å². The van der Waals surface area contributed by atoms with Crippen LogP contribution in [0.25, 0.3) is 0 Å². The summed E-state index contributed by atoms with van der Waals surface area (Å²) in [5, 5.41) is 7.99. The van der Waals surface area contributed by atoms with Gasteiger partial charge in [0.25, 0.3) is 0 Å². The number of aryl methyl sites for hydroxylation is 2. The maximum atomic E-state index is 14.3. The Morgan fingerprint density at radius 2 is 2.00 bits per heavy atom. The van der Waals surface area contributed by atoms with E-state index in [0.717, 1.165) is 31.6 Å². The van der Waals surface area contributed by atoms with Crippen LogP contribution in [0.15, 0.2) is 18.5 Å². The molecule has 1 fully saturated rings. The zero-order chi connectivity index (χ0) is 16.9. The van der Waals surface area contributed by atoms with Crippen molar-refractivity contribution in [2.45, 2.75) is 33.1 Å². The number of anilines is 1. The second-order valence-electron chi connectivity index (χ2n) is 6.07. The van der Waals surface area contributed by atoms with Crippen molar-refractivity contribution < 1.29 is 9.13 Å². The molecule has 0 radical (unpaired) electrons. The first kappa shape index (κ1) is 16.5. The third-order valence-electron chi connectivity index (χ3n) is 4.33. The summed E-state index contributed by atoms with van der Waals surface area (Å²) in [6, 6.07) is 3.72. The van der Waals surface area contributed by atoms with Crippen molar-refractivity contribution >= 4 is 5.82 Å². The number of ether oxygens (including phenoxy) is 1. The first-order valence-electron chi connectivity index (χ1n) is 8.34. The van der Waals surface area contributed by atoms with Crippen molar-refractivity contribution in [3.8, 4) is 5.88 Å². The summed E-state index contributed by atoms with van der Waals surface area (Å²) in [7, 11) is 0. The average Bonchev–Trinajstić information content (AvgIpc) is 2.62. The number of piperidine rings is 1. The summed E-state index contributed by atoms with van der Waals surface area (Å²) >= 11 is 0. The zero-order valence-corrected chi connectivity index (χ0v) is 14.1. The molecule has 0 amide bonds. The molecular weight excluding hydrogens is 309 g/mol. The Kier molecular flexibility index (Phi) is 5.17.